The van der Waals surface area contributed by atoms with E-state index in [4.69, 9.17) is 11.6 Å². The Kier molecular flexibility index (Phi) is 3.67. The van der Waals surface area contributed by atoms with Crippen LogP contribution in [0.3, 0.4) is 0 Å². The van der Waals surface area contributed by atoms with Gasteiger partial charge in [-0.3, -0.25) is 0 Å². The van der Waals surface area contributed by atoms with Crippen molar-refractivity contribution in [2.75, 3.05) is 0 Å². The summed E-state index contributed by atoms with van der Waals surface area (Å²) in [5.41, 5.74) is 0.661. The van der Waals surface area contributed by atoms with E-state index in [2.05, 4.69) is 18.8 Å². The standard InChI is InChI=1S/C10H13ClFN/c1-3-7(2)6-8-4-5-13-10(11)9(8)12/h4-5,7H,3,6H2,1-2H3. The smallest absolute Gasteiger partial charge is 0.164 e. The zero-order chi connectivity index (χ0) is 9.84. The fourth-order valence-corrected chi connectivity index (χ4v) is 1.31. The quantitative estimate of drug-likeness (QED) is 0.683. The first-order chi connectivity index (χ1) is 6.15. The van der Waals surface area contributed by atoms with Gasteiger partial charge in [-0.05, 0) is 24.0 Å². The van der Waals surface area contributed by atoms with Crippen LogP contribution in [0.1, 0.15) is 25.8 Å². The normalized spacial score (nSPS) is 12.9. The summed E-state index contributed by atoms with van der Waals surface area (Å²) in [4.78, 5) is 3.66. The predicted molar refractivity (Wildman–Crippen MR) is 52.4 cm³/mol. The number of rotatable bonds is 3. The third-order valence-corrected chi connectivity index (χ3v) is 2.46. The van der Waals surface area contributed by atoms with Gasteiger partial charge in [0.15, 0.2) is 11.0 Å². The average Bonchev–Trinajstić information content (AvgIpc) is 2.13. The highest BCUT2D eigenvalue weighted by Crippen LogP contribution is 2.19. The van der Waals surface area contributed by atoms with Gasteiger partial charge in [-0.1, -0.05) is 31.9 Å². The summed E-state index contributed by atoms with van der Waals surface area (Å²) in [5.74, 6) is 0.109. The maximum atomic E-state index is 13.3. The molecule has 1 nitrogen and oxygen atoms in total. The zero-order valence-corrected chi connectivity index (χ0v) is 8.61. The number of aromatic nitrogens is 1. The van der Waals surface area contributed by atoms with Crippen molar-refractivity contribution in [2.24, 2.45) is 5.92 Å². The molecule has 1 aromatic rings. The lowest BCUT2D eigenvalue weighted by Crippen LogP contribution is -2.01. The minimum absolute atomic E-state index is 0.0270. The van der Waals surface area contributed by atoms with Gasteiger partial charge in [0, 0.05) is 6.20 Å². The minimum atomic E-state index is -0.371. The molecule has 0 aliphatic rings. The average molecular weight is 202 g/mol. The van der Waals surface area contributed by atoms with Gasteiger partial charge in [0.05, 0.1) is 0 Å². The van der Waals surface area contributed by atoms with Gasteiger partial charge in [0.2, 0.25) is 0 Å². The van der Waals surface area contributed by atoms with Crippen molar-refractivity contribution in [1.29, 1.82) is 0 Å². The van der Waals surface area contributed by atoms with Crippen molar-refractivity contribution >= 4 is 11.6 Å². The van der Waals surface area contributed by atoms with Crippen LogP contribution in [0.2, 0.25) is 5.15 Å². The third-order valence-electron chi connectivity index (χ3n) is 2.19. The van der Waals surface area contributed by atoms with Gasteiger partial charge in [-0.15, -0.1) is 0 Å². The summed E-state index contributed by atoms with van der Waals surface area (Å²) >= 11 is 5.55. The second-order valence-electron chi connectivity index (χ2n) is 3.29. The number of hydrogen-bond donors (Lipinski definition) is 0. The molecule has 0 fully saturated rings. The zero-order valence-electron chi connectivity index (χ0n) is 7.85. The van der Waals surface area contributed by atoms with E-state index in [1.54, 1.807) is 12.3 Å². The first-order valence-corrected chi connectivity index (χ1v) is 4.81. The van der Waals surface area contributed by atoms with Gasteiger partial charge in [0.1, 0.15) is 0 Å². The Morgan fingerprint density at radius 1 is 1.62 bits per heavy atom. The summed E-state index contributed by atoms with van der Waals surface area (Å²) in [6.45, 7) is 4.18. The molecule has 0 aliphatic carbocycles. The van der Waals surface area contributed by atoms with Crippen LogP contribution in [0, 0.1) is 11.7 Å². The Balaban J connectivity index is 2.83. The minimum Gasteiger partial charge on any atom is -0.242 e. The van der Waals surface area contributed by atoms with Crippen molar-refractivity contribution in [3.8, 4) is 0 Å². The summed E-state index contributed by atoms with van der Waals surface area (Å²) in [7, 11) is 0. The first-order valence-electron chi connectivity index (χ1n) is 4.44. The highest BCUT2D eigenvalue weighted by molar-refractivity contribution is 6.29. The Morgan fingerprint density at radius 3 is 2.92 bits per heavy atom. The molecule has 0 saturated heterocycles. The SMILES string of the molecule is CCC(C)Cc1ccnc(Cl)c1F. The summed E-state index contributed by atoms with van der Waals surface area (Å²) < 4.78 is 13.3. The van der Waals surface area contributed by atoms with Crippen LogP contribution in [0.4, 0.5) is 4.39 Å². The van der Waals surface area contributed by atoms with E-state index in [1.165, 1.54) is 0 Å². The molecule has 1 unspecified atom stereocenters. The van der Waals surface area contributed by atoms with Gasteiger partial charge >= 0.3 is 0 Å². The van der Waals surface area contributed by atoms with Crippen LogP contribution < -0.4 is 0 Å². The fraction of sp³-hybridized carbons (Fsp3) is 0.500. The van der Waals surface area contributed by atoms with Crippen LogP contribution in [-0.2, 0) is 6.42 Å². The van der Waals surface area contributed by atoms with E-state index in [-0.39, 0.29) is 11.0 Å². The van der Waals surface area contributed by atoms with Crippen LogP contribution >= 0.6 is 11.6 Å². The monoisotopic (exact) mass is 201 g/mol. The van der Waals surface area contributed by atoms with E-state index < -0.39 is 0 Å². The molecule has 0 N–H and O–H groups in total. The molecule has 0 saturated carbocycles. The molecular formula is C10H13ClFN. The summed E-state index contributed by atoms with van der Waals surface area (Å²) in [6.07, 6.45) is 3.31. The first kappa shape index (κ1) is 10.5. The van der Waals surface area contributed by atoms with Crippen molar-refractivity contribution < 1.29 is 4.39 Å². The molecule has 1 heterocycles. The highest BCUT2D eigenvalue weighted by Gasteiger charge is 2.09. The molecule has 0 spiro atoms. The molecule has 1 rings (SSSR count). The number of halogens is 2. The van der Waals surface area contributed by atoms with Crippen molar-refractivity contribution in [3.05, 3.63) is 28.8 Å². The second-order valence-corrected chi connectivity index (χ2v) is 3.65. The highest BCUT2D eigenvalue weighted by atomic mass is 35.5. The molecule has 72 valence electrons. The van der Waals surface area contributed by atoms with E-state index in [0.29, 0.717) is 11.5 Å². The van der Waals surface area contributed by atoms with E-state index >= 15 is 0 Å². The topological polar surface area (TPSA) is 12.9 Å². The van der Waals surface area contributed by atoms with Crippen LogP contribution in [0.5, 0.6) is 0 Å². The van der Waals surface area contributed by atoms with E-state index in [0.717, 1.165) is 12.8 Å². The molecular weight excluding hydrogens is 189 g/mol. The molecule has 0 amide bonds. The third kappa shape index (κ3) is 2.66. The lowest BCUT2D eigenvalue weighted by atomic mass is 9.99. The van der Waals surface area contributed by atoms with Gasteiger partial charge < -0.3 is 0 Å². The lowest BCUT2D eigenvalue weighted by molar-refractivity contribution is 0.529. The van der Waals surface area contributed by atoms with Crippen LogP contribution in [-0.4, -0.2) is 4.98 Å². The summed E-state index contributed by atoms with van der Waals surface area (Å²) in [5, 5.41) is -0.0270. The molecule has 3 heteroatoms. The summed E-state index contributed by atoms with van der Waals surface area (Å²) in [6, 6.07) is 1.69. The molecule has 0 aromatic carbocycles. The molecule has 0 aliphatic heterocycles. The number of hydrogen-bond acceptors (Lipinski definition) is 1. The lowest BCUT2D eigenvalue weighted by Gasteiger charge is -2.08. The van der Waals surface area contributed by atoms with Crippen LogP contribution in [0.15, 0.2) is 12.3 Å². The molecule has 1 aromatic heterocycles. The fourth-order valence-electron chi connectivity index (χ4n) is 1.13. The van der Waals surface area contributed by atoms with Gasteiger partial charge in [0.25, 0.3) is 0 Å². The largest absolute Gasteiger partial charge is 0.242 e. The van der Waals surface area contributed by atoms with Crippen molar-refractivity contribution in [1.82, 2.24) is 4.98 Å². The molecule has 1 atom stereocenters. The Labute approximate surface area is 82.9 Å². The van der Waals surface area contributed by atoms with Gasteiger partial charge in [-0.2, -0.15) is 0 Å². The maximum absolute atomic E-state index is 13.3. The molecule has 13 heavy (non-hydrogen) atoms. The van der Waals surface area contributed by atoms with Crippen molar-refractivity contribution in [3.63, 3.8) is 0 Å². The number of nitrogens with zero attached hydrogens (tertiary/aromatic N) is 1. The number of pyridine rings is 1. The second kappa shape index (κ2) is 4.56. The Bertz CT molecular complexity index is 288. The Hall–Kier alpha value is -0.630. The van der Waals surface area contributed by atoms with Gasteiger partial charge in [-0.25, -0.2) is 9.37 Å². The molecule has 0 radical (unpaired) electrons. The van der Waals surface area contributed by atoms with E-state index in [9.17, 15) is 4.39 Å². The van der Waals surface area contributed by atoms with E-state index in [1.807, 2.05) is 0 Å². The predicted octanol–water partition coefficient (Wildman–Crippen LogP) is 3.46. The Morgan fingerprint density at radius 2 is 2.31 bits per heavy atom. The van der Waals surface area contributed by atoms with Crippen molar-refractivity contribution in [2.45, 2.75) is 26.7 Å². The molecule has 0 bridgehead atoms. The van der Waals surface area contributed by atoms with Crippen LogP contribution in [0.25, 0.3) is 0 Å². The maximum Gasteiger partial charge on any atom is 0.164 e.